The number of ether oxygens (including phenoxy) is 1. The van der Waals surface area contributed by atoms with Crippen LogP contribution in [-0.4, -0.2) is 41.8 Å². The molecule has 1 atom stereocenters. The molecule has 9 nitrogen and oxygen atoms in total. The second-order valence-corrected chi connectivity index (χ2v) is 8.57. The van der Waals surface area contributed by atoms with Crippen molar-refractivity contribution < 1.29 is 22.9 Å². The van der Waals surface area contributed by atoms with Crippen LogP contribution in [0.5, 0.6) is 0 Å². The Labute approximate surface area is 166 Å². The van der Waals surface area contributed by atoms with E-state index in [1.807, 2.05) is 24.3 Å². The lowest BCUT2D eigenvalue weighted by Gasteiger charge is -2.32. The summed E-state index contributed by atoms with van der Waals surface area (Å²) in [5.74, 6) is -0.685. The smallest absolute Gasteiger partial charge is 0.324 e. The summed E-state index contributed by atoms with van der Waals surface area (Å²) < 4.78 is 32.5. The molecule has 1 aliphatic heterocycles. The van der Waals surface area contributed by atoms with Crippen LogP contribution in [0.1, 0.15) is 11.3 Å². The highest BCUT2D eigenvalue weighted by molar-refractivity contribution is 7.89. The number of non-ortho nitro benzene ring substituents is 1. The molecule has 3 aromatic rings. The third-order valence-electron chi connectivity index (χ3n) is 5.07. The predicted octanol–water partition coefficient (Wildman–Crippen LogP) is 2.36. The van der Waals surface area contributed by atoms with Crippen LogP contribution in [0, 0.1) is 10.1 Å². The van der Waals surface area contributed by atoms with Crippen molar-refractivity contribution in [2.45, 2.75) is 23.9 Å². The summed E-state index contributed by atoms with van der Waals surface area (Å²) in [6.07, 6.45) is 0.139. The Balaban J connectivity index is 1.83. The monoisotopic (exact) mass is 415 g/mol. The van der Waals surface area contributed by atoms with Crippen molar-refractivity contribution in [2.75, 3.05) is 7.11 Å². The fourth-order valence-corrected chi connectivity index (χ4v) is 5.25. The summed E-state index contributed by atoms with van der Waals surface area (Å²) in [7, 11) is -2.99. The average Bonchev–Trinajstić information content (AvgIpc) is 3.10. The number of nitrogens with one attached hydrogen (secondary N) is 1. The largest absolute Gasteiger partial charge is 0.468 e. The number of H-pyrrole nitrogens is 1. The number of rotatable bonds is 4. The maximum Gasteiger partial charge on any atom is 0.324 e. The number of nitrogens with zero attached hydrogens (tertiary/aromatic N) is 2. The number of nitro benzene ring substituents is 1. The molecule has 0 fully saturated rings. The van der Waals surface area contributed by atoms with E-state index in [1.54, 1.807) is 0 Å². The minimum absolute atomic E-state index is 0.0746. The second-order valence-electron chi connectivity index (χ2n) is 6.68. The Kier molecular flexibility index (Phi) is 4.59. The number of fused-ring (bicyclic) bond motifs is 3. The molecule has 0 spiro atoms. The molecule has 2 heterocycles. The number of esters is 1. The van der Waals surface area contributed by atoms with Crippen molar-refractivity contribution in [1.82, 2.24) is 9.29 Å². The number of carbonyl (C=O) groups excluding carboxylic acids is 1. The van der Waals surface area contributed by atoms with Gasteiger partial charge in [0.1, 0.15) is 6.04 Å². The maximum absolute atomic E-state index is 13.3. The lowest BCUT2D eigenvalue weighted by molar-refractivity contribution is -0.385. The molecular weight excluding hydrogens is 398 g/mol. The number of hydrogen-bond acceptors (Lipinski definition) is 6. The van der Waals surface area contributed by atoms with Gasteiger partial charge >= 0.3 is 5.97 Å². The van der Waals surface area contributed by atoms with E-state index in [0.717, 1.165) is 26.8 Å². The molecule has 0 bridgehead atoms. The number of hydrogen-bond donors (Lipinski definition) is 1. The van der Waals surface area contributed by atoms with E-state index in [2.05, 4.69) is 4.98 Å². The molecule has 0 radical (unpaired) electrons. The SMILES string of the molecule is COC(=O)C1Cc2c([nH]c3ccccc23)CN1S(=O)(=O)c1cccc([N+](=O)[O-])c1. The van der Waals surface area contributed by atoms with Crippen LogP contribution in [0.2, 0.25) is 0 Å². The van der Waals surface area contributed by atoms with Gasteiger partial charge in [-0.1, -0.05) is 24.3 Å². The van der Waals surface area contributed by atoms with Crippen LogP contribution in [0.3, 0.4) is 0 Å². The highest BCUT2D eigenvalue weighted by Crippen LogP contribution is 2.34. The fraction of sp³-hybridized carbons (Fsp3) is 0.211. The van der Waals surface area contributed by atoms with Crippen LogP contribution in [-0.2, 0) is 32.5 Å². The number of methoxy groups -OCH3 is 1. The van der Waals surface area contributed by atoms with Gasteiger partial charge in [0, 0.05) is 35.2 Å². The third kappa shape index (κ3) is 3.15. The van der Waals surface area contributed by atoms with Crippen LogP contribution >= 0.6 is 0 Å². The summed E-state index contributed by atoms with van der Waals surface area (Å²) in [6, 6.07) is 11.2. The zero-order valence-corrected chi connectivity index (χ0v) is 16.2. The van der Waals surface area contributed by atoms with Crippen molar-refractivity contribution in [3.63, 3.8) is 0 Å². The van der Waals surface area contributed by atoms with Crippen LogP contribution in [0.4, 0.5) is 5.69 Å². The van der Waals surface area contributed by atoms with Gasteiger partial charge in [0.05, 0.1) is 23.5 Å². The van der Waals surface area contributed by atoms with E-state index < -0.39 is 27.0 Å². The second kappa shape index (κ2) is 6.98. The summed E-state index contributed by atoms with van der Waals surface area (Å²) in [4.78, 5) is 25.8. The van der Waals surface area contributed by atoms with E-state index in [4.69, 9.17) is 4.74 Å². The molecule has 1 aliphatic rings. The Morgan fingerprint density at radius 1 is 1.24 bits per heavy atom. The molecule has 29 heavy (non-hydrogen) atoms. The molecular formula is C19H17N3O6S. The Bertz CT molecular complexity index is 1230. The molecule has 0 saturated heterocycles. The first kappa shape index (κ1) is 19.1. The zero-order chi connectivity index (χ0) is 20.8. The van der Waals surface area contributed by atoms with E-state index in [0.29, 0.717) is 5.69 Å². The van der Waals surface area contributed by atoms with Crippen molar-refractivity contribution in [1.29, 1.82) is 0 Å². The molecule has 2 aromatic carbocycles. The number of benzene rings is 2. The Hall–Kier alpha value is -3.24. The standard InChI is InChI=1S/C19H17N3O6S/c1-28-19(23)18-10-15-14-7-2-3-8-16(14)20-17(15)11-21(18)29(26,27)13-6-4-5-12(9-13)22(24)25/h2-9,18,20H,10-11H2,1H3. The molecule has 0 aliphatic carbocycles. The molecule has 1 N–H and O–H groups in total. The Morgan fingerprint density at radius 2 is 2.00 bits per heavy atom. The van der Waals surface area contributed by atoms with Crippen molar-refractivity contribution in [3.05, 3.63) is 69.9 Å². The van der Waals surface area contributed by atoms with Crippen molar-refractivity contribution >= 4 is 32.6 Å². The molecule has 0 amide bonds. The number of aromatic amines is 1. The number of aromatic nitrogens is 1. The van der Waals surface area contributed by atoms with Crippen molar-refractivity contribution in [3.8, 4) is 0 Å². The predicted molar refractivity (Wildman–Crippen MR) is 104 cm³/mol. The van der Waals surface area contributed by atoms with Gasteiger partial charge in [0.15, 0.2) is 0 Å². The van der Waals surface area contributed by atoms with Gasteiger partial charge < -0.3 is 9.72 Å². The van der Waals surface area contributed by atoms with Gasteiger partial charge in [-0.15, -0.1) is 0 Å². The maximum atomic E-state index is 13.3. The topological polar surface area (TPSA) is 123 Å². The molecule has 150 valence electrons. The highest BCUT2D eigenvalue weighted by atomic mass is 32.2. The first-order chi connectivity index (χ1) is 13.8. The molecule has 4 rings (SSSR count). The van der Waals surface area contributed by atoms with Gasteiger partial charge in [0.25, 0.3) is 5.69 Å². The minimum Gasteiger partial charge on any atom is -0.468 e. The first-order valence-electron chi connectivity index (χ1n) is 8.75. The zero-order valence-electron chi connectivity index (χ0n) is 15.4. The number of carbonyl (C=O) groups is 1. The van der Waals surface area contributed by atoms with Crippen LogP contribution in [0.15, 0.2) is 53.4 Å². The molecule has 0 saturated carbocycles. The summed E-state index contributed by atoms with van der Waals surface area (Å²) in [6.45, 7) is -0.0746. The fourth-order valence-electron chi connectivity index (χ4n) is 3.67. The van der Waals surface area contributed by atoms with Gasteiger partial charge in [-0.2, -0.15) is 4.31 Å². The van der Waals surface area contributed by atoms with Gasteiger partial charge in [-0.05, 0) is 17.7 Å². The molecule has 1 unspecified atom stereocenters. The lowest BCUT2D eigenvalue weighted by Crippen LogP contribution is -2.48. The van der Waals surface area contributed by atoms with Crippen molar-refractivity contribution in [2.24, 2.45) is 0 Å². The Morgan fingerprint density at radius 3 is 2.72 bits per heavy atom. The van der Waals surface area contributed by atoms with Crippen LogP contribution in [0.25, 0.3) is 10.9 Å². The summed E-state index contributed by atoms with van der Waals surface area (Å²) in [5, 5.41) is 12.0. The van der Waals surface area contributed by atoms with Crippen LogP contribution < -0.4 is 0 Å². The van der Waals surface area contributed by atoms with E-state index >= 15 is 0 Å². The normalized spacial score (nSPS) is 17.1. The number of nitro groups is 1. The first-order valence-corrected chi connectivity index (χ1v) is 10.2. The van der Waals surface area contributed by atoms with E-state index in [9.17, 15) is 23.3 Å². The number of para-hydroxylation sites is 1. The van der Waals surface area contributed by atoms with Gasteiger partial charge in [0.2, 0.25) is 10.0 Å². The lowest BCUT2D eigenvalue weighted by atomic mass is 9.98. The third-order valence-corrected chi connectivity index (χ3v) is 6.92. The van der Waals surface area contributed by atoms with E-state index in [1.165, 1.54) is 25.3 Å². The quantitative estimate of drug-likeness (QED) is 0.396. The molecule has 10 heteroatoms. The minimum atomic E-state index is -4.19. The van der Waals surface area contributed by atoms with Gasteiger partial charge in [-0.25, -0.2) is 8.42 Å². The summed E-state index contributed by atoms with van der Waals surface area (Å²) in [5.41, 5.74) is 2.04. The van der Waals surface area contributed by atoms with Gasteiger partial charge in [-0.3, -0.25) is 14.9 Å². The molecule has 1 aromatic heterocycles. The average molecular weight is 415 g/mol. The number of sulfonamides is 1. The van der Waals surface area contributed by atoms with E-state index in [-0.39, 0.29) is 23.5 Å². The summed E-state index contributed by atoms with van der Waals surface area (Å²) >= 11 is 0. The highest BCUT2D eigenvalue weighted by Gasteiger charge is 2.41.